The molecule has 0 atom stereocenters. The van der Waals surface area contributed by atoms with Crippen molar-refractivity contribution in [3.05, 3.63) is 119 Å². The van der Waals surface area contributed by atoms with Gasteiger partial charge in [0.1, 0.15) is 42.3 Å². The van der Waals surface area contributed by atoms with Crippen molar-refractivity contribution in [3.63, 3.8) is 0 Å². The summed E-state index contributed by atoms with van der Waals surface area (Å²) in [5.41, 5.74) is 4.51. The van der Waals surface area contributed by atoms with Crippen LogP contribution in [0, 0.1) is 0 Å². The van der Waals surface area contributed by atoms with Crippen molar-refractivity contribution in [2.45, 2.75) is 18.9 Å². The molecule has 0 aliphatic rings. The Morgan fingerprint density at radius 1 is 0.472 bits per heavy atom. The largest absolute Gasteiger partial charge is 0.508 e. The molecule has 5 nitrogen and oxygen atoms in total. The fourth-order valence-corrected chi connectivity index (χ4v) is 3.54. The fourth-order valence-electron chi connectivity index (χ4n) is 3.54. The Balaban J connectivity index is 0.00000228. The van der Waals surface area contributed by atoms with E-state index >= 15 is 0 Å². The number of phenols is 2. The third-order valence-corrected chi connectivity index (χ3v) is 5.42. The average molecular weight is 634 g/mol. The predicted molar refractivity (Wildman–Crippen MR) is 132 cm³/mol. The van der Waals surface area contributed by atoms with Gasteiger partial charge in [0.25, 0.3) is 0 Å². The summed E-state index contributed by atoms with van der Waals surface area (Å²) in [7, 11) is 0. The summed E-state index contributed by atoms with van der Waals surface area (Å²) in [5, 5.41) is 29.0. The van der Waals surface area contributed by atoms with E-state index in [4.69, 9.17) is 9.47 Å². The van der Waals surface area contributed by atoms with Gasteiger partial charge in [-0.2, -0.15) is 0 Å². The Hall–Kier alpha value is -1.75. The van der Waals surface area contributed by atoms with E-state index in [1.54, 1.807) is 24.3 Å². The minimum atomic E-state index is -0.756. The minimum Gasteiger partial charge on any atom is -0.508 e. The van der Waals surface area contributed by atoms with Crippen LogP contribution in [0.3, 0.4) is 0 Å². The SMILES string of the molecule is Oc1ccc(Cc2ccc(OCC(O)COc3ccc(Cc4ccc(O)cc4)cc3)cc2)cc1.[Y].[Y]. The Labute approximate surface area is 262 Å². The Morgan fingerprint density at radius 2 is 0.750 bits per heavy atom. The molecule has 0 bridgehead atoms. The molecule has 36 heavy (non-hydrogen) atoms. The van der Waals surface area contributed by atoms with E-state index in [0.717, 1.165) is 35.1 Å². The second-order valence-electron chi connectivity index (χ2n) is 8.25. The molecule has 4 rings (SSSR count). The van der Waals surface area contributed by atoms with Crippen molar-refractivity contribution in [1.29, 1.82) is 0 Å². The fraction of sp³-hybridized carbons (Fsp3) is 0.172. The van der Waals surface area contributed by atoms with Crippen LogP contribution in [0.5, 0.6) is 23.0 Å². The molecular formula is C29H28O5Y2. The van der Waals surface area contributed by atoms with Crippen LogP contribution in [0.15, 0.2) is 97.1 Å². The normalized spacial score (nSPS) is 10.3. The van der Waals surface area contributed by atoms with Gasteiger partial charge in [0, 0.05) is 65.4 Å². The second kappa shape index (κ2) is 15.5. The molecule has 0 aromatic heterocycles. The van der Waals surface area contributed by atoms with Gasteiger partial charge >= 0.3 is 0 Å². The molecule has 0 aliphatic carbocycles. The molecule has 7 heteroatoms. The van der Waals surface area contributed by atoms with Crippen LogP contribution in [0.1, 0.15) is 22.3 Å². The van der Waals surface area contributed by atoms with Gasteiger partial charge in [-0.25, -0.2) is 0 Å². The van der Waals surface area contributed by atoms with Gasteiger partial charge in [0.05, 0.1) is 0 Å². The average Bonchev–Trinajstić information content (AvgIpc) is 2.86. The molecule has 180 valence electrons. The second-order valence-corrected chi connectivity index (χ2v) is 8.25. The van der Waals surface area contributed by atoms with Gasteiger partial charge in [0.2, 0.25) is 0 Å². The zero-order valence-electron chi connectivity index (χ0n) is 20.0. The maximum Gasteiger partial charge on any atom is 0.122 e. The van der Waals surface area contributed by atoms with Crippen molar-refractivity contribution in [2.75, 3.05) is 13.2 Å². The molecular weight excluding hydrogens is 606 g/mol. The molecule has 4 aromatic rings. The third kappa shape index (κ3) is 9.95. The number of aliphatic hydroxyl groups excluding tert-OH is 1. The predicted octanol–water partition coefficient (Wildman–Crippen LogP) is 5.09. The zero-order valence-corrected chi connectivity index (χ0v) is 25.6. The topological polar surface area (TPSA) is 79.2 Å². The molecule has 0 amide bonds. The van der Waals surface area contributed by atoms with Crippen molar-refractivity contribution in [1.82, 2.24) is 0 Å². The van der Waals surface area contributed by atoms with Gasteiger partial charge < -0.3 is 24.8 Å². The number of ether oxygens (including phenoxy) is 2. The van der Waals surface area contributed by atoms with Crippen molar-refractivity contribution in [3.8, 4) is 23.0 Å². The van der Waals surface area contributed by atoms with Crippen molar-refractivity contribution >= 4 is 0 Å². The van der Waals surface area contributed by atoms with Gasteiger partial charge in [-0.15, -0.1) is 0 Å². The summed E-state index contributed by atoms with van der Waals surface area (Å²) in [6.07, 6.45) is 0.781. The van der Waals surface area contributed by atoms with E-state index in [2.05, 4.69) is 0 Å². The van der Waals surface area contributed by atoms with Crippen LogP contribution in [-0.2, 0) is 78.3 Å². The summed E-state index contributed by atoms with van der Waals surface area (Å²) in [6, 6.07) is 29.8. The number of hydrogen-bond donors (Lipinski definition) is 3. The Kier molecular flexibility index (Phi) is 13.1. The van der Waals surface area contributed by atoms with Gasteiger partial charge in [-0.1, -0.05) is 48.5 Å². The Bertz CT molecular complexity index is 1070. The summed E-state index contributed by atoms with van der Waals surface area (Å²) in [4.78, 5) is 0. The van der Waals surface area contributed by atoms with E-state index in [0.29, 0.717) is 11.5 Å². The zero-order chi connectivity index (χ0) is 23.8. The van der Waals surface area contributed by atoms with E-state index in [1.165, 1.54) is 0 Å². The van der Waals surface area contributed by atoms with Crippen molar-refractivity contribution < 1.29 is 90.2 Å². The smallest absolute Gasteiger partial charge is 0.122 e. The van der Waals surface area contributed by atoms with E-state index in [-0.39, 0.29) is 90.1 Å². The molecule has 0 fully saturated rings. The van der Waals surface area contributed by atoms with E-state index in [1.807, 2.05) is 72.8 Å². The number of phenolic OH excluding ortho intramolecular Hbond substituents is 2. The van der Waals surface area contributed by atoms with Gasteiger partial charge in [-0.3, -0.25) is 0 Å². The van der Waals surface area contributed by atoms with Gasteiger partial charge in [-0.05, 0) is 83.6 Å². The molecule has 0 unspecified atom stereocenters. The molecule has 0 spiro atoms. The van der Waals surface area contributed by atoms with Crippen LogP contribution < -0.4 is 9.47 Å². The first-order valence-corrected chi connectivity index (χ1v) is 11.2. The maximum atomic E-state index is 10.2. The quantitative estimate of drug-likeness (QED) is 0.227. The molecule has 0 aliphatic heterocycles. The number of aromatic hydroxyl groups is 2. The standard InChI is InChI=1S/C29H28O5.2Y/c30-25-9-1-21(2-10-25)17-23-5-13-28(14-6-23)33-19-27(32)20-34-29-15-7-24(8-16-29)18-22-3-11-26(31)12-4-22;;/h1-16,27,30-32H,17-20H2;;. The number of hydrogen-bond acceptors (Lipinski definition) is 5. The molecule has 0 saturated carbocycles. The summed E-state index contributed by atoms with van der Waals surface area (Å²) < 4.78 is 11.4. The monoisotopic (exact) mass is 634 g/mol. The third-order valence-electron chi connectivity index (χ3n) is 5.42. The number of aliphatic hydroxyl groups is 1. The Morgan fingerprint density at radius 3 is 1.06 bits per heavy atom. The first-order valence-electron chi connectivity index (χ1n) is 11.2. The van der Waals surface area contributed by atoms with Crippen molar-refractivity contribution in [2.24, 2.45) is 0 Å². The molecule has 4 aromatic carbocycles. The van der Waals surface area contributed by atoms with Crippen LogP contribution in [0.2, 0.25) is 0 Å². The number of benzene rings is 4. The summed E-state index contributed by atoms with van der Waals surface area (Å²) in [5.74, 6) is 1.90. The minimum absolute atomic E-state index is 0. The molecule has 3 N–H and O–H groups in total. The van der Waals surface area contributed by atoms with E-state index in [9.17, 15) is 15.3 Å². The molecule has 0 heterocycles. The maximum absolute atomic E-state index is 10.2. The van der Waals surface area contributed by atoms with Crippen LogP contribution in [0.4, 0.5) is 0 Å². The van der Waals surface area contributed by atoms with Crippen LogP contribution >= 0.6 is 0 Å². The van der Waals surface area contributed by atoms with Gasteiger partial charge in [0.15, 0.2) is 0 Å². The molecule has 0 saturated heterocycles. The first kappa shape index (κ1) is 30.5. The summed E-state index contributed by atoms with van der Waals surface area (Å²) in [6.45, 7) is 0.270. The summed E-state index contributed by atoms with van der Waals surface area (Å²) >= 11 is 0. The van der Waals surface area contributed by atoms with Crippen LogP contribution in [0.25, 0.3) is 0 Å². The van der Waals surface area contributed by atoms with E-state index < -0.39 is 6.10 Å². The molecule has 2 radical (unpaired) electrons. The first-order chi connectivity index (χ1) is 16.5. The number of rotatable bonds is 10. The van der Waals surface area contributed by atoms with Crippen LogP contribution in [-0.4, -0.2) is 34.6 Å².